The Hall–Kier alpha value is -1.83. The standard InChI is InChI=1S/C11H20O5.C9H15NO2/c1-7-11(5,6)16-9(13)14-8(12)15-10(2,3)4;1-2-12-9(11)8-6-3-4-7(5-6)10-8/h7H2,1-6H3;6-8,10H,2-5H2,1H3. The predicted octanol–water partition coefficient (Wildman–Crippen LogP) is 3.95. The average Bonchev–Trinajstić information content (AvgIpc) is 3.16. The van der Waals surface area contributed by atoms with Crippen LogP contribution in [-0.2, 0) is 23.7 Å². The molecule has 28 heavy (non-hydrogen) atoms. The summed E-state index contributed by atoms with van der Waals surface area (Å²) in [6.45, 7) is 12.7. The maximum Gasteiger partial charge on any atom is 0.519 e. The molecule has 0 amide bonds. The molecule has 0 aromatic heterocycles. The molecule has 1 aliphatic heterocycles. The van der Waals surface area contributed by atoms with E-state index in [-0.39, 0.29) is 12.0 Å². The summed E-state index contributed by atoms with van der Waals surface area (Å²) >= 11 is 0. The van der Waals surface area contributed by atoms with Crippen molar-refractivity contribution in [3.05, 3.63) is 0 Å². The highest BCUT2D eigenvalue weighted by atomic mass is 16.8. The van der Waals surface area contributed by atoms with Crippen molar-refractivity contribution in [1.29, 1.82) is 0 Å². The summed E-state index contributed by atoms with van der Waals surface area (Å²) in [6.07, 6.45) is 2.13. The van der Waals surface area contributed by atoms with E-state index in [1.807, 2.05) is 13.8 Å². The molecule has 0 aromatic rings. The van der Waals surface area contributed by atoms with Crippen LogP contribution in [0.4, 0.5) is 9.59 Å². The van der Waals surface area contributed by atoms with Gasteiger partial charge in [-0.05, 0) is 73.1 Å². The van der Waals surface area contributed by atoms with E-state index in [1.54, 1.807) is 34.6 Å². The number of hydrogen-bond acceptors (Lipinski definition) is 8. The first-order valence-corrected chi connectivity index (χ1v) is 9.93. The maximum atomic E-state index is 11.4. The van der Waals surface area contributed by atoms with E-state index in [4.69, 9.17) is 14.2 Å². The van der Waals surface area contributed by atoms with Gasteiger partial charge in [-0.3, -0.25) is 4.79 Å². The van der Waals surface area contributed by atoms with Gasteiger partial charge in [0.2, 0.25) is 0 Å². The Morgan fingerprint density at radius 3 is 2.00 bits per heavy atom. The molecule has 1 saturated carbocycles. The summed E-state index contributed by atoms with van der Waals surface area (Å²) in [5.41, 5.74) is -1.35. The lowest BCUT2D eigenvalue weighted by molar-refractivity contribution is -0.146. The molecule has 3 unspecified atom stereocenters. The molecule has 8 heteroatoms. The molecular weight excluding hydrogens is 366 g/mol. The van der Waals surface area contributed by atoms with E-state index in [0.29, 0.717) is 25.0 Å². The van der Waals surface area contributed by atoms with E-state index >= 15 is 0 Å². The van der Waals surface area contributed by atoms with Crippen LogP contribution in [0.2, 0.25) is 0 Å². The quantitative estimate of drug-likeness (QED) is 0.429. The molecule has 2 bridgehead atoms. The van der Waals surface area contributed by atoms with Crippen LogP contribution in [0.1, 0.15) is 74.1 Å². The first-order valence-electron chi connectivity index (χ1n) is 9.93. The van der Waals surface area contributed by atoms with Crippen molar-refractivity contribution in [2.24, 2.45) is 5.92 Å². The zero-order valence-electron chi connectivity index (χ0n) is 18.1. The number of carbonyl (C=O) groups is 3. The van der Waals surface area contributed by atoms with Crippen LogP contribution in [0.15, 0.2) is 0 Å². The van der Waals surface area contributed by atoms with E-state index in [1.165, 1.54) is 19.3 Å². The minimum atomic E-state index is -1.05. The Balaban J connectivity index is 0.000000289. The highest BCUT2D eigenvalue weighted by Crippen LogP contribution is 2.35. The van der Waals surface area contributed by atoms with Crippen molar-refractivity contribution in [2.75, 3.05) is 6.61 Å². The van der Waals surface area contributed by atoms with Gasteiger partial charge in [0.05, 0.1) is 6.61 Å². The van der Waals surface area contributed by atoms with Crippen LogP contribution in [0.5, 0.6) is 0 Å². The number of nitrogens with one attached hydrogen (secondary N) is 1. The molecule has 1 heterocycles. The number of ether oxygens (including phenoxy) is 4. The average molecular weight is 402 g/mol. The fourth-order valence-electron chi connectivity index (χ4n) is 3.01. The SMILES string of the molecule is CCC(C)(C)OC(=O)OC(=O)OC(C)(C)C.CCOC(=O)C1NC2CCC1C2. The molecule has 1 N–H and O–H groups in total. The highest BCUT2D eigenvalue weighted by Gasteiger charge is 2.43. The summed E-state index contributed by atoms with van der Waals surface area (Å²) in [4.78, 5) is 33.6. The second kappa shape index (κ2) is 10.1. The van der Waals surface area contributed by atoms with Crippen LogP contribution in [0, 0.1) is 5.92 Å². The lowest BCUT2D eigenvalue weighted by Gasteiger charge is -2.23. The van der Waals surface area contributed by atoms with Crippen LogP contribution in [-0.4, -0.2) is 48.2 Å². The van der Waals surface area contributed by atoms with E-state index in [0.717, 1.165) is 0 Å². The Kier molecular flexibility index (Phi) is 8.73. The Bertz CT molecular complexity index is 553. The lowest BCUT2D eigenvalue weighted by Crippen LogP contribution is -2.42. The van der Waals surface area contributed by atoms with Gasteiger partial charge in [0.25, 0.3) is 0 Å². The molecular formula is C20H35NO7. The number of hydrogen-bond donors (Lipinski definition) is 1. The molecule has 2 aliphatic rings. The lowest BCUT2D eigenvalue weighted by atomic mass is 10.0. The van der Waals surface area contributed by atoms with Crippen LogP contribution in [0.3, 0.4) is 0 Å². The topological polar surface area (TPSA) is 100 Å². The van der Waals surface area contributed by atoms with Gasteiger partial charge in [-0.25, -0.2) is 9.59 Å². The van der Waals surface area contributed by atoms with Gasteiger partial charge in [0, 0.05) is 6.04 Å². The third kappa shape index (κ3) is 8.46. The molecule has 8 nitrogen and oxygen atoms in total. The van der Waals surface area contributed by atoms with Gasteiger partial charge in [-0.1, -0.05) is 6.92 Å². The Labute approximate surface area is 167 Å². The minimum absolute atomic E-state index is 0.00343. The fraction of sp³-hybridized carbons (Fsp3) is 0.850. The van der Waals surface area contributed by atoms with E-state index < -0.39 is 23.5 Å². The summed E-state index contributed by atoms with van der Waals surface area (Å²) in [5.74, 6) is 0.499. The number of carbonyl (C=O) groups excluding carboxylic acids is 3. The van der Waals surface area contributed by atoms with Crippen molar-refractivity contribution in [1.82, 2.24) is 5.32 Å². The minimum Gasteiger partial charge on any atom is -0.465 e. The zero-order valence-corrected chi connectivity index (χ0v) is 18.1. The predicted molar refractivity (Wildman–Crippen MR) is 103 cm³/mol. The molecule has 162 valence electrons. The van der Waals surface area contributed by atoms with Crippen molar-refractivity contribution in [2.45, 2.75) is 97.4 Å². The van der Waals surface area contributed by atoms with Gasteiger partial charge >= 0.3 is 18.3 Å². The third-order valence-electron chi connectivity index (χ3n) is 4.67. The van der Waals surface area contributed by atoms with Crippen molar-refractivity contribution in [3.63, 3.8) is 0 Å². The molecule has 2 fully saturated rings. The molecule has 3 atom stereocenters. The molecule has 1 aliphatic carbocycles. The van der Waals surface area contributed by atoms with E-state index in [9.17, 15) is 14.4 Å². The molecule has 0 spiro atoms. The van der Waals surface area contributed by atoms with Gasteiger partial charge < -0.3 is 24.3 Å². The zero-order chi connectivity index (χ0) is 21.5. The van der Waals surface area contributed by atoms with Crippen LogP contribution >= 0.6 is 0 Å². The Morgan fingerprint density at radius 2 is 1.57 bits per heavy atom. The summed E-state index contributed by atoms with van der Waals surface area (Å²) in [6, 6.07) is 0.591. The van der Waals surface area contributed by atoms with Crippen molar-refractivity contribution < 1.29 is 33.3 Å². The molecule has 1 saturated heterocycles. The van der Waals surface area contributed by atoms with Gasteiger partial charge in [0.1, 0.15) is 17.2 Å². The molecule has 2 rings (SSSR count). The third-order valence-corrected chi connectivity index (χ3v) is 4.67. The highest BCUT2D eigenvalue weighted by molar-refractivity contribution is 5.77. The van der Waals surface area contributed by atoms with Gasteiger partial charge in [0.15, 0.2) is 0 Å². The fourth-order valence-corrected chi connectivity index (χ4v) is 3.01. The summed E-state index contributed by atoms with van der Waals surface area (Å²) in [7, 11) is 0. The van der Waals surface area contributed by atoms with E-state index in [2.05, 4.69) is 10.1 Å². The second-order valence-electron chi connectivity index (χ2n) is 8.70. The molecule has 0 aromatic carbocycles. The number of piperidine rings is 1. The van der Waals surface area contributed by atoms with Crippen LogP contribution < -0.4 is 5.32 Å². The summed E-state index contributed by atoms with van der Waals surface area (Å²) < 4.78 is 19.0. The Morgan fingerprint density at radius 1 is 0.964 bits per heavy atom. The number of esters is 1. The monoisotopic (exact) mass is 401 g/mol. The molecule has 0 radical (unpaired) electrons. The van der Waals surface area contributed by atoms with Crippen LogP contribution in [0.25, 0.3) is 0 Å². The first kappa shape index (κ1) is 24.2. The van der Waals surface area contributed by atoms with Gasteiger partial charge in [-0.2, -0.15) is 0 Å². The normalized spacial score (nSPS) is 23.3. The summed E-state index contributed by atoms with van der Waals surface area (Å²) in [5, 5.41) is 3.30. The van der Waals surface area contributed by atoms with Gasteiger partial charge in [-0.15, -0.1) is 0 Å². The largest absolute Gasteiger partial charge is 0.519 e. The second-order valence-corrected chi connectivity index (χ2v) is 8.70. The number of rotatable bonds is 4. The first-order chi connectivity index (χ1) is 12.9. The smallest absolute Gasteiger partial charge is 0.465 e. The van der Waals surface area contributed by atoms with Crippen molar-refractivity contribution >= 4 is 18.3 Å². The van der Waals surface area contributed by atoms with Crippen molar-refractivity contribution in [3.8, 4) is 0 Å². The number of fused-ring (bicyclic) bond motifs is 2. The maximum absolute atomic E-state index is 11.4.